The van der Waals surface area contributed by atoms with Gasteiger partial charge in [0.15, 0.2) is 0 Å². The van der Waals surface area contributed by atoms with Gasteiger partial charge in [0, 0.05) is 0 Å². The Hall–Kier alpha value is 1.37. The second kappa shape index (κ2) is 26.5. The summed E-state index contributed by atoms with van der Waals surface area (Å²) in [4.78, 5) is 0. The molecule has 4 heteroatoms. The molecule has 0 radical (unpaired) electrons. The van der Waals surface area contributed by atoms with Gasteiger partial charge in [0.1, 0.15) is 0 Å². The van der Waals surface area contributed by atoms with Crippen molar-refractivity contribution < 1.29 is 30.3 Å². The van der Waals surface area contributed by atoms with Gasteiger partial charge >= 0.3 is 55.1 Å². The number of hydrogen-bond donors (Lipinski definition) is 0. The third-order valence-electron chi connectivity index (χ3n) is 0. The van der Waals surface area contributed by atoms with Crippen molar-refractivity contribution in [1.82, 2.24) is 0 Å². The molecule has 0 saturated carbocycles. The molecule has 0 aliphatic rings. The first-order chi connectivity index (χ1) is 2.00. The molecule has 0 aliphatic heterocycles. The molecule has 0 spiro atoms. The van der Waals surface area contributed by atoms with Crippen molar-refractivity contribution in [2.45, 2.75) is 0 Å². The standard InChI is InChI=1S/Bi.2O.Zr.H. The van der Waals surface area contributed by atoms with E-state index in [0.717, 1.165) is 0 Å². The first kappa shape index (κ1) is 9.03. The molecule has 0 bridgehead atoms. The molecule has 0 N–H and O–H groups in total. The van der Waals surface area contributed by atoms with Crippen LogP contribution in [0.3, 0.4) is 0 Å². The summed E-state index contributed by atoms with van der Waals surface area (Å²) in [5.74, 6) is 0. The molecule has 0 heterocycles. The van der Waals surface area contributed by atoms with Crippen LogP contribution in [0, 0.1) is 0 Å². The van der Waals surface area contributed by atoms with Gasteiger partial charge in [-0.25, -0.2) is 0 Å². The molecule has 0 fully saturated rings. The van der Waals surface area contributed by atoms with Crippen LogP contribution in [0.1, 0.15) is 0 Å². The Morgan fingerprint density at radius 2 is 1.25 bits per heavy atom. The Balaban J connectivity index is 0. The molecule has 0 unspecified atom stereocenters. The predicted molar refractivity (Wildman–Crippen MR) is 8.52 cm³/mol. The van der Waals surface area contributed by atoms with Gasteiger partial charge in [-0.3, -0.25) is 0 Å². The first-order valence-electron chi connectivity index (χ1n) is 0.408. The van der Waals surface area contributed by atoms with Gasteiger partial charge < -0.3 is 0 Å². The molecule has 0 amide bonds. The summed E-state index contributed by atoms with van der Waals surface area (Å²) in [5, 5.41) is 0. The summed E-state index contributed by atoms with van der Waals surface area (Å²) in [7, 11) is 0. The zero-order valence-corrected chi connectivity index (χ0v) is 8.16. The summed E-state index contributed by atoms with van der Waals surface area (Å²) in [5.41, 5.74) is 0. The van der Waals surface area contributed by atoms with Crippen LogP contribution < -0.4 is 0 Å². The fraction of sp³-hybridized carbons (Fsp3) is 0. The van der Waals surface area contributed by atoms with Gasteiger partial charge in [-0.1, -0.05) is 0 Å². The molecule has 2 nitrogen and oxygen atoms in total. The van der Waals surface area contributed by atoms with Crippen LogP contribution in [-0.2, 0) is 30.3 Å². The molecule has 0 aliphatic carbocycles. The summed E-state index contributed by atoms with van der Waals surface area (Å²) < 4.78 is 16.7. The second-order valence-electron chi connectivity index (χ2n) is 0. The van der Waals surface area contributed by atoms with Gasteiger partial charge in [-0.2, -0.15) is 0 Å². The molecule has 0 rings (SSSR count). The zero-order chi connectivity index (χ0) is 4.00. The van der Waals surface area contributed by atoms with E-state index in [1.165, 1.54) is 0 Å². The van der Waals surface area contributed by atoms with E-state index in [4.69, 9.17) is 5.63 Å². The molecule has 22 valence electrons. The predicted octanol–water partition coefficient (Wildman–Crippen LogP) is -0.889. The maximum atomic E-state index is 8.39. The third-order valence-corrected chi connectivity index (χ3v) is 0. The Bertz CT molecular complexity index is 8.00. The number of rotatable bonds is 0. The van der Waals surface area contributed by atoms with Crippen molar-refractivity contribution in [3.63, 3.8) is 0 Å². The van der Waals surface area contributed by atoms with Crippen molar-refractivity contribution in [3.05, 3.63) is 0 Å². The SMILES string of the molecule is [O]=[BiH].[O]=[Zr]. The van der Waals surface area contributed by atoms with Crippen LogP contribution in [0.25, 0.3) is 0 Å². The average Bonchev–Trinajstić information content (AvgIpc) is 1.50. The van der Waals surface area contributed by atoms with E-state index in [-0.39, 0.29) is 24.7 Å². The van der Waals surface area contributed by atoms with Crippen LogP contribution in [0.4, 0.5) is 0 Å². The van der Waals surface area contributed by atoms with Crippen LogP contribution >= 0.6 is 0 Å². The molecular weight excluding hydrogens is 332 g/mol. The van der Waals surface area contributed by atoms with Crippen LogP contribution in [-0.4, -0.2) is 24.7 Å². The molecule has 0 saturated heterocycles. The van der Waals surface area contributed by atoms with Gasteiger partial charge in [0.25, 0.3) is 0 Å². The van der Waals surface area contributed by atoms with E-state index in [2.05, 4.69) is 0 Å². The summed E-state index contributed by atoms with van der Waals surface area (Å²) in [6, 6.07) is 0. The van der Waals surface area contributed by atoms with E-state index >= 15 is 0 Å². The summed E-state index contributed by atoms with van der Waals surface area (Å²) in [6.07, 6.45) is 0. The van der Waals surface area contributed by atoms with Crippen molar-refractivity contribution in [1.29, 1.82) is 0 Å². The maximum absolute atomic E-state index is 8.39. The quantitative estimate of drug-likeness (QED) is 0.539. The van der Waals surface area contributed by atoms with E-state index < -0.39 is 0 Å². The summed E-state index contributed by atoms with van der Waals surface area (Å²) in [6.45, 7) is 0. The Kier molecular flexibility index (Phi) is 59.8. The van der Waals surface area contributed by atoms with E-state index in [9.17, 15) is 0 Å². The van der Waals surface area contributed by atoms with Gasteiger partial charge in [0.05, 0.1) is 0 Å². The third kappa shape index (κ3) is 10.1. The van der Waals surface area contributed by atoms with Crippen molar-refractivity contribution >= 4 is 24.7 Å². The Morgan fingerprint density at radius 3 is 1.25 bits per heavy atom. The number of hydrogen-bond acceptors (Lipinski definition) is 2. The van der Waals surface area contributed by atoms with Crippen molar-refractivity contribution in [3.8, 4) is 0 Å². The molecule has 0 aromatic heterocycles. The average molecular weight is 333 g/mol. The minimum absolute atomic E-state index is 0.0556. The first-order valence-corrected chi connectivity index (χ1v) is 3.00. The van der Waals surface area contributed by atoms with Gasteiger partial charge in [0.2, 0.25) is 0 Å². The topological polar surface area (TPSA) is 34.1 Å². The van der Waals surface area contributed by atoms with Crippen molar-refractivity contribution in [2.24, 2.45) is 0 Å². The second-order valence-corrected chi connectivity index (χ2v) is 0. The Morgan fingerprint density at radius 1 is 1.25 bits per heavy atom. The fourth-order valence-corrected chi connectivity index (χ4v) is 0. The molecular formula is HBiO2Zr. The fourth-order valence-electron chi connectivity index (χ4n) is 0. The van der Waals surface area contributed by atoms with Gasteiger partial charge in [-0.15, -0.1) is 0 Å². The summed E-state index contributed by atoms with van der Waals surface area (Å²) >= 11 is 0.356. The van der Waals surface area contributed by atoms with Crippen LogP contribution in [0.15, 0.2) is 0 Å². The van der Waals surface area contributed by atoms with E-state index in [1.54, 1.807) is 0 Å². The molecule has 0 atom stereocenters. The Labute approximate surface area is 54.5 Å². The molecule has 0 aromatic rings. The van der Waals surface area contributed by atoms with Crippen molar-refractivity contribution in [2.75, 3.05) is 0 Å². The van der Waals surface area contributed by atoms with Gasteiger partial charge in [-0.05, 0) is 0 Å². The monoisotopic (exact) mass is 332 g/mol. The van der Waals surface area contributed by atoms with Crippen LogP contribution in [0.5, 0.6) is 0 Å². The zero-order valence-electron chi connectivity index (χ0n) is 1.82. The molecule has 0 aromatic carbocycles. The van der Waals surface area contributed by atoms with E-state index in [1.807, 2.05) is 0 Å². The normalized spacial score (nSPS) is 1.75. The van der Waals surface area contributed by atoms with E-state index in [0.29, 0.717) is 24.7 Å². The molecule has 4 heavy (non-hydrogen) atoms. The minimum atomic E-state index is 0.0556. The van der Waals surface area contributed by atoms with Crippen LogP contribution in [0.2, 0.25) is 0 Å².